The van der Waals surface area contributed by atoms with Gasteiger partial charge in [0.1, 0.15) is 11.9 Å². The molecule has 0 N–H and O–H groups in total. The molecule has 3 heteroatoms. The zero-order chi connectivity index (χ0) is 34.4. The van der Waals surface area contributed by atoms with E-state index in [4.69, 9.17) is 4.74 Å². The van der Waals surface area contributed by atoms with Crippen molar-refractivity contribution in [2.45, 2.75) is 12.0 Å². The summed E-state index contributed by atoms with van der Waals surface area (Å²) in [5.41, 5.74) is 12.6. The van der Waals surface area contributed by atoms with E-state index < -0.39 is 0 Å². The van der Waals surface area contributed by atoms with E-state index in [0.717, 1.165) is 33.7 Å². The van der Waals surface area contributed by atoms with Crippen LogP contribution in [0, 0.1) is 0 Å². The number of fused-ring (bicyclic) bond motifs is 5. The molecule has 2 heterocycles. The Hall–Kier alpha value is -6.71. The van der Waals surface area contributed by atoms with Crippen LogP contribution in [0.3, 0.4) is 0 Å². The average Bonchev–Trinajstić information content (AvgIpc) is 3.58. The number of ether oxygens (including phenoxy) is 1. The van der Waals surface area contributed by atoms with Crippen molar-refractivity contribution in [1.82, 2.24) is 4.98 Å². The lowest BCUT2D eigenvalue weighted by atomic mass is 9.86. The largest absolute Gasteiger partial charge is 0.485 e. The Bertz CT molecular complexity index is 2670. The van der Waals surface area contributed by atoms with Crippen LogP contribution in [-0.2, 0) is 0 Å². The van der Waals surface area contributed by atoms with Crippen LogP contribution in [0.1, 0.15) is 11.5 Å². The number of hydrogen-bond donors (Lipinski definition) is 0. The minimum atomic E-state index is -0.132. The number of benzene rings is 7. The minimum Gasteiger partial charge on any atom is -0.485 e. The monoisotopic (exact) mass is 666 g/mol. The molecule has 7 aromatic carbocycles. The number of hydrogen-bond acceptors (Lipinski definition) is 3. The van der Waals surface area contributed by atoms with Crippen molar-refractivity contribution in [1.29, 1.82) is 0 Å². The molecule has 1 aromatic heterocycles. The highest BCUT2D eigenvalue weighted by Crippen LogP contribution is 2.50. The molecule has 0 radical (unpaired) electrons. The van der Waals surface area contributed by atoms with Crippen LogP contribution < -0.4 is 9.64 Å². The van der Waals surface area contributed by atoms with Crippen LogP contribution in [0.2, 0.25) is 0 Å². The van der Waals surface area contributed by atoms with Crippen LogP contribution in [-0.4, -0.2) is 11.1 Å². The van der Waals surface area contributed by atoms with Gasteiger partial charge < -0.3 is 9.64 Å². The van der Waals surface area contributed by atoms with Gasteiger partial charge in [0.05, 0.1) is 11.4 Å². The quantitative estimate of drug-likeness (QED) is 0.177. The highest BCUT2D eigenvalue weighted by atomic mass is 16.5. The topological polar surface area (TPSA) is 25.4 Å². The molecule has 0 amide bonds. The van der Waals surface area contributed by atoms with Crippen molar-refractivity contribution in [2.24, 2.45) is 0 Å². The Morgan fingerprint density at radius 2 is 1.25 bits per heavy atom. The first kappa shape index (κ1) is 30.1. The lowest BCUT2D eigenvalue weighted by Crippen LogP contribution is -2.29. The van der Waals surface area contributed by atoms with Crippen LogP contribution in [0.25, 0.3) is 55.1 Å². The first-order chi connectivity index (χ1) is 25.8. The second kappa shape index (κ2) is 12.6. The fraction of sp³-hybridized carbons (Fsp3) is 0.0408. The molecular weight excluding hydrogens is 633 g/mol. The first-order valence-corrected chi connectivity index (χ1v) is 17.9. The molecule has 246 valence electrons. The maximum absolute atomic E-state index is 6.69. The third kappa shape index (κ3) is 5.18. The highest BCUT2D eigenvalue weighted by molar-refractivity contribution is 6.01. The predicted octanol–water partition coefficient (Wildman–Crippen LogP) is 12.5. The van der Waals surface area contributed by atoms with Crippen molar-refractivity contribution >= 4 is 33.1 Å². The van der Waals surface area contributed by atoms with E-state index in [1.807, 2.05) is 12.3 Å². The molecule has 0 saturated heterocycles. The zero-order valence-corrected chi connectivity index (χ0v) is 28.4. The van der Waals surface area contributed by atoms with Gasteiger partial charge in [0.15, 0.2) is 0 Å². The summed E-state index contributed by atoms with van der Waals surface area (Å²) in [7, 11) is 0. The van der Waals surface area contributed by atoms with E-state index in [1.165, 1.54) is 49.7 Å². The van der Waals surface area contributed by atoms with Crippen molar-refractivity contribution in [2.75, 3.05) is 4.90 Å². The summed E-state index contributed by atoms with van der Waals surface area (Å²) in [5.74, 6) is 0.882. The van der Waals surface area contributed by atoms with Crippen molar-refractivity contribution in [3.63, 3.8) is 0 Å². The van der Waals surface area contributed by atoms with Gasteiger partial charge >= 0.3 is 0 Å². The molecule has 2 unspecified atom stereocenters. The number of anilines is 2. The maximum Gasteiger partial charge on any atom is 0.130 e. The van der Waals surface area contributed by atoms with Crippen molar-refractivity contribution < 1.29 is 4.74 Å². The van der Waals surface area contributed by atoms with E-state index in [9.17, 15) is 0 Å². The molecule has 1 aliphatic carbocycles. The van der Waals surface area contributed by atoms with Gasteiger partial charge in [0.25, 0.3) is 0 Å². The summed E-state index contributed by atoms with van der Waals surface area (Å²) in [4.78, 5) is 7.08. The Labute approximate surface area is 303 Å². The molecule has 2 aliphatic rings. The van der Waals surface area contributed by atoms with E-state index in [0.29, 0.717) is 0 Å². The van der Waals surface area contributed by atoms with Crippen LogP contribution in [0.15, 0.2) is 200 Å². The Morgan fingerprint density at radius 3 is 2.13 bits per heavy atom. The first-order valence-electron chi connectivity index (χ1n) is 17.9. The number of rotatable bonds is 6. The zero-order valence-electron chi connectivity index (χ0n) is 28.4. The smallest absolute Gasteiger partial charge is 0.130 e. The molecule has 52 heavy (non-hydrogen) atoms. The fourth-order valence-electron chi connectivity index (χ4n) is 8.04. The number of aromatic nitrogens is 1. The second-order valence-electron chi connectivity index (χ2n) is 13.5. The standard InChI is InChI=1S/C49H34N2O/c1-3-13-33(14-4-1)36-19-9-21-38(29-36)51(46-24-11-25-47-49(46)44-30-37-20-12-28-50-45(37)32-48(44)52-47)39-26-27-41(34-15-5-2-6-16-34)43(31-39)42-23-10-18-35-17-7-8-22-40(35)42/h1-32,47,49H. The summed E-state index contributed by atoms with van der Waals surface area (Å²) in [5, 5.41) is 3.57. The van der Waals surface area contributed by atoms with Gasteiger partial charge in [-0.25, -0.2) is 0 Å². The Kier molecular flexibility index (Phi) is 7.28. The highest BCUT2D eigenvalue weighted by Gasteiger charge is 2.40. The Morgan fingerprint density at radius 1 is 0.519 bits per heavy atom. The molecule has 1 aliphatic heterocycles. The van der Waals surface area contributed by atoms with Crippen LogP contribution >= 0.6 is 0 Å². The fourth-order valence-corrected chi connectivity index (χ4v) is 8.04. The number of nitrogens with zero attached hydrogens (tertiary/aromatic N) is 2. The Balaban J connectivity index is 1.21. The third-order valence-electron chi connectivity index (χ3n) is 10.4. The molecule has 2 atom stereocenters. The van der Waals surface area contributed by atoms with Gasteiger partial charge in [-0.1, -0.05) is 133 Å². The predicted molar refractivity (Wildman–Crippen MR) is 215 cm³/mol. The SMILES string of the molecule is C1=CC2Oc3cc4ncccc4cc3C2C(N(c2cccc(-c3ccccc3)c2)c2ccc(-c3ccccc3)c(-c3cccc4ccccc34)c2)=C1. The third-order valence-corrected chi connectivity index (χ3v) is 10.4. The van der Waals surface area contributed by atoms with E-state index in [2.05, 4.69) is 192 Å². The molecule has 0 spiro atoms. The maximum atomic E-state index is 6.69. The van der Waals surface area contributed by atoms with Gasteiger partial charge in [-0.3, -0.25) is 4.98 Å². The van der Waals surface area contributed by atoms with Gasteiger partial charge in [-0.05, 0) is 92.7 Å². The van der Waals surface area contributed by atoms with Crippen molar-refractivity contribution in [3.8, 4) is 39.1 Å². The van der Waals surface area contributed by atoms with E-state index in [1.54, 1.807) is 0 Å². The van der Waals surface area contributed by atoms with Gasteiger partial charge in [-0.15, -0.1) is 0 Å². The summed E-state index contributed by atoms with van der Waals surface area (Å²) < 4.78 is 6.69. The molecule has 0 fully saturated rings. The second-order valence-corrected chi connectivity index (χ2v) is 13.5. The number of pyridine rings is 1. The number of allylic oxidation sites excluding steroid dienone is 2. The van der Waals surface area contributed by atoms with Gasteiger partial charge in [-0.2, -0.15) is 0 Å². The molecule has 8 aromatic rings. The molecule has 10 rings (SSSR count). The molecule has 0 bridgehead atoms. The van der Waals surface area contributed by atoms with E-state index in [-0.39, 0.29) is 12.0 Å². The molecular formula is C49H34N2O. The summed E-state index contributed by atoms with van der Waals surface area (Å²) in [6.45, 7) is 0. The lowest BCUT2D eigenvalue weighted by Gasteiger charge is -2.35. The van der Waals surface area contributed by atoms with E-state index >= 15 is 0 Å². The normalized spacial score (nSPS) is 15.9. The summed E-state index contributed by atoms with van der Waals surface area (Å²) in [6, 6.07) is 61.0. The lowest BCUT2D eigenvalue weighted by molar-refractivity contribution is 0.264. The summed E-state index contributed by atoms with van der Waals surface area (Å²) >= 11 is 0. The van der Waals surface area contributed by atoms with Crippen molar-refractivity contribution in [3.05, 3.63) is 206 Å². The molecule has 3 nitrogen and oxygen atoms in total. The van der Waals surface area contributed by atoms with Crippen LogP contribution in [0.5, 0.6) is 5.75 Å². The summed E-state index contributed by atoms with van der Waals surface area (Å²) in [6.07, 6.45) is 8.32. The molecule has 0 saturated carbocycles. The minimum absolute atomic E-state index is 0.0141. The van der Waals surface area contributed by atoms with Gasteiger partial charge in [0, 0.05) is 40.3 Å². The average molecular weight is 667 g/mol. The van der Waals surface area contributed by atoms with Crippen LogP contribution in [0.4, 0.5) is 11.4 Å². The van der Waals surface area contributed by atoms with Gasteiger partial charge in [0.2, 0.25) is 0 Å².